The van der Waals surface area contributed by atoms with Gasteiger partial charge in [0.25, 0.3) is 0 Å². The van der Waals surface area contributed by atoms with Crippen molar-refractivity contribution in [2.45, 2.75) is 29.7 Å². The summed E-state index contributed by atoms with van der Waals surface area (Å²) in [7, 11) is -8.56. The van der Waals surface area contributed by atoms with Crippen molar-refractivity contribution in [1.82, 2.24) is 4.98 Å². The number of aromatic nitrogens is 1. The van der Waals surface area contributed by atoms with E-state index in [4.69, 9.17) is 21.5 Å². The van der Waals surface area contributed by atoms with Crippen molar-refractivity contribution in [2.75, 3.05) is 5.75 Å². The Labute approximate surface area is 162 Å². The van der Waals surface area contributed by atoms with Gasteiger partial charge in [0.15, 0.2) is 26.5 Å². The molecule has 0 radical (unpaired) electrons. The quantitative estimate of drug-likeness (QED) is 0.521. The van der Waals surface area contributed by atoms with Gasteiger partial charge in [-0.05, 0) is 32.0 Å². The number of pyridine rings is 1. The van der Waals surface area contributed by atoms with E-state index in [0.29, 0.717) is 0 Å². The fourth-order valence-corrected chi connectivity index (χ4v) is 5.01. The van der Waals surface area contributed by atoms with Gasteiger partial charge in [0.2, 0.25) is 10.0 Å². The lowest BCUT2D eigenvalue weighted by Crippen LogP contribution is -2.21. The zero-order valence-electron chi connectivity index (χ0n) is 14.4. The van der Waals surface area contributed by atoms with Crippen LogP contribution in [0.3, 0.4) is 0 Å². The van der Waals surface area contributed by atoms with E-state index >= 15 is 0 Å². The van der Waals surface area contributed by atoms with Crippen LogP contribution in [0.25, 0.3) is 0 Å². The molecule has 0 unspecified atom stereocenters. The molecule has 0 saturated heterocycles. The van der Waals surface area contributed by atoms with Gasteiger partial charge in [-0.3, -0.25) is 4.79 Å². The van der Waals surface area contributed by atoms with E-state index in [9.17, 15) is 21.6 Å². The maximum Gasteiger partial charge on any atom is 0.239 e. The molecule has 0 atom stereocenters. The second kappa shape index (κ2) is 7.93. The number of carbonyl (C=O) groups is 1. The van der Waals surface area contributed by atoms with E-state index < -0.39 is 41.2 Å². The van der Waals surface area contributed by atoms with E-state index in [0.717, 1.165) is 18.3 Å². The molecule has 0 bridgehead atoms. The van der Waals surface area contributed by atoms with Crippen molar-refractivity contribution in [3.05, 3.63) is 47.2 Å². The topological polar surface area (TPSA) is 133 Å². The van der Waals surface area contributed by atoms with Crippen LogP contribution in [0.15, 0.2) is 46.3 Å². The first kappa shape index (κ1) is 21.3. The predicted molar refractivity (Wildman–Crippen MR) is 99.2 cm³/mol. The molecule has 1 aromatic carbocycles. The van der Waals surface area contributed by atoms with Crippen molar-refractivity contribution in [3.63, 3.8) is 0 Å². The van der Waals surface area contributed by atoms with E-state index in [1.165, 1.54) is 18.2 Å². The van der Waals surface area contributed by atoms with Gasteiger partial charge in [-0.2, -0.15) is 0 Å². The lowest BCUT2D eigenvalue weighted by Gasteiger charge is -2.12. The van der Waals surface area contributed by atoms with Gasteiger partial charge in [0, 0.05) is 11.8 Å². The summed E-state index contributed by atoms with van der Waals surface area (Å²) in [4.78, 5) is 15.2. The van der Waals surface area contributed by atoms with Crippen molar-refractivity contribution >= 4 is 37.2 Å². The Kier molecular flexibility index (Phi) is 6.25. The molecular formula is C16H17ClN2O6S2. The number of primary sulfonamides is 1. The van der Waals surface area contributed by atoms with Crippen LogP contribution in [-0.4, -0.2) is 39.5 Å². The van der Waals surface area contributed by atoms with Crippen LogP contribution < -0.4 is 9.88 Å². The van der Waals surface area contributed by atoms with E-state index in [2.05, 4.69) is 4.98 Å². The summed E-state index contributed by atoms with van der Waals surface area (Å²) in [6.45, 7) is 3.50. The number of hydrogen-bond donors (Lipinski definition) is 1. The van der Waals surface area contributed by atoms with Crippen LogP contribution in [0.1, 0.15) is 24.2 Å². The standard InChI is InChI=1S/C16H17ClN2O6S2/c1-10(2)25-13-7-11(8-19-16(13)17)12(20)9-26(21,22)14-5-3-4-6-15(14)27(18,23)24/h3-8,10H,9H2,1-2H3,(H2,18,23,24). The van der Waals surface area contributed by atoms with Crippen LogP contribution in [0.5, 0.6) is 5.75 Å². The van der Waals surface area contributed by atoms with Crippen molar-refractivity contribution < 1.29 is 26.4 Å². The third kappa shape index (κ3) is 5.25. The van der Waals surface area contributed by atoms with Crippen LogP contribution >= 0.6 is 11.6 Å². The highest BCUT2D eigenvalue weighted by Crippen LogP contribution is 2.26. The SMILES string of the molecule is CC(C)Oc1cc(C(=O)CS(=O)(=O)c2ccccc2S(N)(=O)=O)cnc1Cl. The molecule has 146 valence electrons. The molecular weight excluding hydrogens is 416 g/mol. The Morgan fingerprint density at radius 2 is 1.78 bits per heavy atom. The van der Waals surface area contributed by atoms with Gasteiger partial charge >= 0.3 is 0 Å². The number of ether oxygens (including phenoxy) is 1. The van der Waals surface area contributed by atoms with Crippen molar-refractivity contribution in [1.29, 1.82) is 0 Å². The fourth-order valence-electron chi connectivity index (χ4n) is 2.19. The van der Waals surface area contributed by atoms with Crippen molar-refractivity contribution in [2.24, 2.45) is 5.14 Å². The third-order valence-electron chi connectivity index (χ3n) is 3.30. The molecule has 8 nitrogen and oxygen atoms in total. The Balaban J connectivity index is 2.39. The van der Waals surface area contributed by atoms with Gasteiger partial charge in [0.05, 0.1) is 11.0 Å². The van der Waals surface area contributed by atoms with E-state index in [-0.39, 0.29) is 22.6 Å². The molecule has 0 aliphatic heterocycles. The summed E-state index contributed by atoms with van der Waals surface area (Å²) < 4.78 is 53.9. The summed E-state index contributed by atoms with van der Waals surface area (Å²) in [6.07, 6.45) is 0.888. The first-order valence-corrected chi connectivity index (χ1v) is 11.2. The average Bonchev–Trinajstić information content (AvgIpc) is 2.55. The molecule has 0 aliphatic rings. The maximum absolute atomic E-state index is 12.6. The van der Waals surface area contributed by atoms with Gasteiger partial charge in [-0.1, -0.05) is 23.7 Å². The zero-order valence-corrected chi connectivity index (χ0v) is 16.8. The number of sulfonamides is 1. The molecule has 2 aromatic rings. The minimum atomic E-state index is -4.28. The van der Waals surface area contributed by atoms with E-state index in [1.807, 2.05) is 0 Å². The number of benzene rings is 1. The highest BCUT2D eigenvalue weighted by Gasteiger charge is 2.27. The average molecular weight is 433 g/mol. The smallest absolute Gasteiger partial charge is 0.239 e. The molecule has 0 amide bonds. The molecule has 27 heavy (non-hydrogen) atoms. The first-order valence-electron chi connectivity index (χ1n) is 7.62. The van der Waals surface area contributed by atoms with E-state index in [1.54, 1.807) is 13.8 Å². The predicted octanol–water partition coefficient (Wildman–Crippen LogP) is 1.83. The fraction of sp³-hybridized carbons (Fsp3) is 0.250. The summed E-state index contributed by atoms with van der Waals surface area (Å²) in [5.41, 5.74) is -0.0355. The number of hydrogen-bond acceptors (Lipinski definition) is 7. The van der Waals surface area contributed by atoms with Gasteiger partial charge < -0.3 is 4.74 Å². The lowest BCUT2D eigenvalue weighted by molar-refractivity contribution is 0.101. The summed E-state index contributed by atoms with van der Waals surface area (Å²) in [5, 5.41) is 5.09. The van der Waals surface area contributed by atoms with Crippen molar-refractivity contribution in [3.8, 4) is 5.75 Å². The number of halogens is 1. The molecule has 1 aromatic heterocycles. The number of rotatable bonds is 7. The maximum atomic E-state index is 12.6. The minimum Gasteiger partial charge on any atom is -0.488 e. The lowest BCUT2D eigenvalue weighted by atomic mass is 10.2. The first-order chi connectivity index (χ1) is 12.4. The second-order valence-electron chi connectivity index (χ2n) is 5.85. The third-order valence-corrected chi connectivity index (χ3v) is 6.35. The minimum absolute atomic E-state index is 0.0303. The highest BCUT2D eigenvalue weighted by molar-refractivity contribution is 7.94. The normalized spacial score (nSPS) is 12.2. The van der Waals surface area contributed by atoms with Crippen LogP contribution in [-0.2, 0) is 19.9 Å². The van der Waals surface area contributed by atoms with Crippen LogP contribution in [0, 0.1) is 0 Å². The molecule has 2 rings (SSSR count). The second-order valence-corrected chi connectivity index (χ2v) is 9.70. The monoisotopic (exact) mass is 432 g/mol. The molecule has 0 spiro atoms. The summed E-state index contributed by atoms with van der Waals surface area (Å²) >= 11 is 5.90. The molecule has 0 fully saturated rings. The Bertz CT molecular complexity index is 1080. The summed E-state index contributed by atoms with van der Waals surface area (Å²) in [5.74, 6) is -1.62. The molecule has 0 aliphatic carbocycles. The Morgan fingerprint density at radius 1 is 1.19 bits per heavy atom. The number of ketones is 1. The molecule has 11 heteroatoms. The van der Waals surface area contributed by atoms with Crippen LogP contribution in [0.4, 0.5) is 0 Å². The molecule has 1 heterocycles. The molecule has 0 saturated carbocycles. The largest absolute Gasteiger partial charge is 0.488 e. The number of carbonyl (C=O) groups excluding carboxylic acids is 1. The summed E-state index contributed by atoms with van der Waals surface area (Å²) in [6, 6.07) is 6.10. The Morgan fingerprint density at radius 3 is 2.33 bits per heavy atom. The molecule has 2 N–H and O–H groups in total. The van der Waals surface area contributed by atoms with Crippen LogP contribution in [0.2, 0.25) is 5.15 Å². The van der Waals surface area contributed by atoms with Gasteiger partial charge in [-0.25, -0.2) is 27.0 Å². The number of Topliss-reactive ketones (excluding diaryl/α,β-unsaturated/α-hetero) is 1. The highest BCUT2D eigenvalue weighted by atomic mass is 35.5. The number of nitrogens with zero attached hydrogens (tertiary/aromatic N) is 1. The number of nitrogens with two attached hydrogens (primary N) is 1. The van der Waals surface area contributed by atoms with Gasteiger partial charge in [0.1, 0.15) is 10.6 Å². The zero-order chi connectivity index (χ0) is 20.4. The Hall–Kier alpha value is -2.01. The number of sulfone groups is 1. The van der Waals surface area contributed by atoms with Gasteiger partial charge in [-0.15, -0.1) is 0 Å².